The van der Waals surface area contributed by atoms with Crippen molar-refractivity contribution in [3.8, 4) is 0 Å². The van der Waals surface area contributed by atoms with Gasteiger partial charge in [0.15, 0.2) is 0 Å². The van der Waals surface area contributed by atoms with Crippen molar-refractivity contribution in [2.45, 2.75) is 31.4 Å². The number of hydrogen-bond donors (Lipinski definition) is 2. The first-order valence-corrected chi connectivity index (χ1v) is 8.13. The molecule has 7 nitrogen and oxygen atoms in total. The summed E-state index contributed by atoms with van der Waals surface area (Å²) in [6.45, 7) is 1.97. The van der Waals surface area contributed by atoms with Gasteiger partial charge in [-0.2, -0.15) is 5.10 Å². The number of nitrogens with zero attached hydrogens (tertiary/aromatic N) is 3. The average Bonchev–Trinajstić information content (AvgIpc) is 2.99. The van der Waals surface area contributed by atoms with Crippen molar-refractivity contribution < 1.29 is 13.5 Å². The van der Waals surface area contributed by atoms with E-state index in [0.29, 0.717) is 5.69 Å². The minimum Gasteiger partial charge on any atom is -0.390 e. The molecule has 0 aliphatic heterocycles. The number of rotatable bonds is 6. The molecule has 0 atom stereocenters. The molecule has 2 aromatic rings. The lowest BCUT2D eigenvalue weighted by Gasteiger charge is -2.04. The second-order valence-corrected chi connectivity index (χ2v) is 6.66. The van der Waals surface area contributed by atoms with Gasteiger partial charge in [0.05, 0.1) is 17.2 Å². The smallest absolute Gasteiger partial charge is 0.242 e. The fraction of sp³-hybridized carbons (Fsp3) is 0.462. The first-order valence-electron chi connectivity index (χ1n) is 6.64. The van der Waals surface area contributed by atoms with Crippen LogP contribution in [0.15, 0.2) is 23.4 Å². The van der Waals surface area contributed by atoms with E-state index < -0.39 is 10.0 Å². The maximum atomic E-state index is 12.3. The van der Waals surface area contributed by atoms with Crippen LogP contribution in [0.4, 0.5) is 0 Å². The first-order chi connectivity index (χ1) is 9.87. The van der Waals surface area contributed by atoms with Crippen LogP contribution in [-0.4, -0.2) is 27.9 Å². The maximum Gasteiger partial charge on any atom is 0.242 e. The molecule has 0 aliphatic rings. The van der Waals surface area contributed by atoms with Gasteiger partial charge in [-0.05, 0) is 12.5 Å². The number of aliphatic hydroxyl groups is 1. The van der Waals surface area contributed by atoms with E-state index in [-0.39, 0.29) is 18.0 Å². The van der Waals surface area contributed by atoms with Crippen LogP contribution >= 0.6 is 0 Å². The van der Waals surface area contributed by atoms with Gasteiger partial charge >= 0.3 is 0 Å². The zero-order valence-electron chi connectivity index (χ0n) is 12.4. The van der Waals surface area contributed by atoms with Gasteiger partial charge in [0.25, 0.3) is 0 Å². The van der Waals surface area contributed by atoms with Crippen LogP contribution in [-0.2, 0) is 43.7 Å². The van der Waals surface area contributed by atoms with Crippen molar-refractivity contribution >= 4 is 10.0 Å². The highest BCUT2D eigenvalue weighted by atomic mass is 32.2. The molecule has 0 bridgehead atoms. The van der Waals surface area contributed by atoms with Gasteiger partial charge < -0.3 is 9.67 Å². The highest BCUT2D eigenvalue weighted by Gasteiger charge is 2.18. The zero-order valence-corrected chi connectivity index (χ0v) is 13.2. The van der Waals surface area contributed by atoms with E-state index in [4.69, 9.17) is 5.11 Å². The van der Waals surface area contributed by atoms with Gasteiger partial charge in [-0.1, -0.05) is 6.92 Å². The van der Waals surface area contributed by atoms with Crippen molar-refractivity contribution in [3.63, 3.8) is 0 Å². The lowest BCUT2D eigenvalue weighted by Crippen LogP contribution is -2.23. The third-order valence-electron chi connectivity index (χ3n) is 3.33. The zero-order chi connectivity index (χ0) is 15.6. The van der Waals surface area contributed by atoms with E-state index >= 15 is 0 Å². The fourth-order valence-electron chi connectivity index (χ4n) is 2.17. The summed E-state index contributed by atoms with van der Waals surface area (Å²) < 4.78 is 30.4. The average molecular weight is 312 g/mol. The number of hydrogen-bond acceptors (Lipinski definition) is 4. The van der Waals surface area contributed by atoms with Crippen molar-refractivity contribution in [2.75, 3.05) is 0 Å². The van der Waals surface area contributed by atoms with E-state index in [2.05, 4.69) is 9.82 Å². The highest BCUT2D eigenvalue weighted by molar-refractivity contribution is 7.89. The molecule has 21 heavy (non-hydrogen) atoms. The van der Waals surface area contributed by atoms with Crippen molar-refractivity contribution in [1.29, 1.82) is 0 Å². The SMILES string of the molecule is CCc1nn(C)cc1CNS(=O)(=O)c1cc(CO)n(C)c1. The number of aliphatic hydroxyl groups excluding tert-OH is 1. The van der Waals surface area contributed by atoms with Crippen molar-refractivity contribution in [2.24, 2.45) is 14.1 Å². The monoisotopic (exact) mass is 312 g/mol. The summed E-state index contributed by atoms with van der Waals surface area (Å²) >= 11 is 0. The molecule has 2 N–H and O–H groups in total. The lowest BCUT2D eigenvalue weighted by molar-refractivity contribution is 0.272. The van der Waals surface area contributed by atoms with Crippen LogP contribution in [0.25, 0.3) is 0 Å². The minimum atomic E-state index is -3.60. The highest BCUT2D eigenvalue weighted by Crippen LogP contribution is 2.15. The third kappa shape index (κ3) is 3.34. The molecule has 0 radical (unpaired) electrons. The molecule has 0 saturated carbocycles. The Morgan fingerprint density at radius 1 is 1.33 bits per heavy atom. The van der Waals surface area contributed by atoms with E-state index in [0.717, 1.165) is 17.7 Å². The molecular formula is C13H20N4O3S. The molecule has 2 rings (SSSR count). The van der Waals surface area contributed by atoms with Crippen LogP contribution in [0.1, 0.15) is 23.9 Å². The van der Waals surface area contributed by atoms with E-state index in [1.807, 2.05) is 20.2 Å². The Bertz CT molecular complexity index is 731. The Labute approximate surface area is 124 Å². The Kier molecular flexibility index (Phi) is 4.50. The molecule has 116 valence electrons. The quantitative estimate of drug-likeness (QED) is 0.802. The Hall–Kier alpha value is -1.64. The molecule has 0 spiro atoms. The molecule has 0 fully saturated rings. The molecule has 2 heterocycles. The molecular weight excluding hydrogens is 292 g/mol. The van der Waals surface area contributed by atoms with Crippen molar-refractivity contribution in [3.05, 3.63) is 35.4 Å². The predicted octanol–water partition coefficient (Wildman–Crippen LogP) is 0.292. The fourth-order valence-corrected chi connectivity index (χ4v) is 3.27. The second kappa shape index (κ2) is 6.00. The lowest BCUT2D eigenvalue weighted by atomic mass is 10.2. The van der Waals surface area contributed by atoms with Crippen molar-refractivity contribution in [1.82, 2.24) is 19.1 Å². The van der Waals surface area contributed by atoms with Gasteiger partial charge in [-0.3, -0.25) is 4.68 Å². The summed E-state index contributed by atoms with van der Waals surface area (Å²) in [4.78, 5) is 0.149. The van der Waals surface area contributed by atoms with Crippen LogP contribution in [0.5, 0.6) is 0 Å². The Morgan fingerprint density at radius 2 is 2.05 bits per heavy atom. The van der Waals surface area contributed by atoms with Crippen LogP contribution in [0, 0.1) is 0 Å². The summed E-state index contributed by atoms with van der Waals surface area (Å²) in [5, 5.41) is 13.4. The van der Waals surface area contributed by atoms with Gasteiger partial charge in [0.1, 0.15) is 0 Å². The van der Waals surface area contributed by atoms with Gasteiger partial charge in [-0.25, -0.2) is 13.1 Å². The molecule has 0 amide bonds. The minimum absolute atomic E-state index is 0.149. The number of aromatic nitrogens is 3. The molecule has 2 aromatic heterocycles. The summed E-state index contributed by atoms with van der Waals surface area (Å²) in [5.41, 5.74) is 2.29. The van der Waals surface area contributed by atoms with Crippen LogP contribution in [0.3, 0.4) is 0 Å². The summed E-state index contributed by atoms with van der Waals surface area (Å²) in [7, 11) is -0.102. The Balaban J connectivity index is 2.17. The van der Waals surface area contributed by atoms with Gasteiger partial charge in [0.2, 0.25) is 10.0 Å². The molecule has 0 saturated heterocycles. The maximum absolute atomic E-state index is 12.3. The molecule has 0 aliphatic carbocycles. The number of sulfonamides is 1. The van der Waals surface area contributed by atoms with Gasteiger partial charge in [0, 0.05) is 44.3 Å². The topological polar surface area (TPSA) is 89.2 Å². The first kappa shape index (κ1) is 15.7. The molecule has 0 unspecified atom stereocenters. The largest absolute Gasteiger partial charge is 0.390 e. The van der Waals surface area contributed by atoms with Crippen LogP contribution < -0.4 is 4.72 Å². The number of aryl methyl sites for hydroxylation is 3. The molecule has 0 aromatic carbocycles. The van der Waals surface area contributed by atoms with Crippen LogP contribution in [0.2, 0.25) is 0 Å². The normalized spacial score (nSPS) is 12.0. The summed E-state index contributed by atoms with van der Waals surface area (Å²) in [6, 6.07) is 1.46. The second-order valence-electron chi connectivity index (χ2n) is 4.89. The van der Waals surface area contributed by atoms with E-state index in [9.17, 15) is 8.42 Å². The third-order valence-corrected chi connectivity index (χ3v) is 4.70. The standard InChI is InChI=1S/C13H20N4O3S/c1-4-13-10(7-17(3)15-13)6-14-21(19,20)12-5-11(9-18)16(2)8-12/h5,7-8,14,18H,4,6,9H2,1-3H3. The molecule has 8 heteroatoms. The summed E-state index contributed by atoms with van der Waals surface area (Å²) in [6.07, 6.45) is 4.04. The van der Waals surface area contributed by atoms with E-state index in [1.54, 1.807) is 16.3 Å². The predicted molar refractivity (Wildman–Crippen MR) is 77.9 cm³/mol. The summed E-state index contributed by atoms with van der Waals surface area (Å²) in [5.74, 6) is 0. The van der Waals surface area contributed by atoms with Gasteiger partial charge in [-0.15, -0.1) is 0 Å². The Morgan fingerprint density at radius 3 is 2.62 bits per heavy atom. The van der Waals surface area contributed by atoms with E-state index in [1.165, 1.54) is 12.3 Å². The number of nitrogens with one attached hydrogen (secondary N) is 1.